The van der Waals surface area contributed by atoms with E-state index >= 15 is 0 Å². The molecule has 0 radical (unpaired) electrons. The number of hydrogen-bond acceptors (Lipinski definition) is 2. The van der Waals surface area contributed by atoms with Crippen molar-refractivity contribution in [3.63, 3.8) is 0 Å². The predicted octanol–water partition coefficient (Wildman–Crippen LogP) is 1.44. The van der Waals surface area contributed by atoms with E-state index in [4.69, 9.17) is 5.11 Å². The molecule has 0 aromatic heterocycles. The van der Waals surface area contributed by atoms with Crippen LogP contribution < -0.4 is 0 Å². The lowest BCUT2D eigenvalue weighted by molar-refractivity contribution is 0.293. The standard InChI is InChI=1S/C7H17O3P/c1-3-7(2)11(9,10)6-4-5-8/h7-8H,3-6H2,1-2H3,(H,9,10). The van der Waals surface area contributed by atoms with Crippen molar-refractivity contribution in [2.75, 3.05) is 12.8 Å². The van der Waals surface area contributed by atoms with E-state index in [0.29, 0.717) is 6.42 Å². The van der Waals surface area contributed by atoms with Crippen LogP contribution in [-0.2, 0) is 4.57 Å². The Morgan fingerprint density at radius 3 is 2.45 bits per heavy atom. The lowest BCUT2D eigenvalue weighted by Gasteiger charge is -2.16. The van der Waals surface area contributed by atoms with Crippen molar-refractivity contribution in [1.29, 1.82) is 0 Å². The molecule has 2 unspecified atom stereocenters. The molecule has 3 nitrogen and oxygen atoms in total. The molecule has 0 heterocycles. The molecule has 0 saturated heterocycles. The highest BCUT2D eigenvalue weighted by molar-refractivity contribution is 7.58. The summed E-state index contributed by atoms with van der Waals surface area (Å²) in [5, 5.41) is 8.45. The lowest BCUT2D eigenvalue weighted by atomic mass is 10.4. The first kappa shape index (κ1) is 11.2. The molecule has 2 atom stereocenters. The molecule has 0 aliphatic carbocycles. The molecule has 4 heteroatoms. The van der Waals surface area contributed by atoms with Crippen LogP contribution in [0.15, 0.2) is 0 Å². The quantitative estimate of drug-likeness (QED) is 0.629. The summed E-state index contributed by atoms with van der Waals surface area (Å²) in [6.07, 6.45) is 1.40. The summed E-state index contributed by atoms with van der Waals surface area (Å²) in [7, 11) is -2.96. The number of aliphatic hydroxyl groups excluding tert-OH is 1. The second kappa shape index (κ2) is 4.91. The van der Waals surface area contributed by atoms with Gasteiger partial charge in [0, 0.05) is 18.4 Å². The van der Waals surface area contributed by atoms with E-state index in [1.54, 1.807) is 6.92 Å². The predicted molar refractivity (Wildman–Crippen MR) is 46.1 cm³/mol. The van der Waals surface area contributed by atoms with E-state index < -0.39 is 7.37 Å². The molecule has 0 amide bonds. The number of aliphatic hydroxyl groups is 1. The lowest BCUT2D eigenvalue weighted by Crippen LogP contribution is -2.05. The van der Waals surface area contributed by atoms with Crippen LogP contribution in [0, 0.1) is 0 Å². The Bertz CT molecular complexity index is 147. The van der Waals surface area contributed by atoms with Crippen LogP contribution in [0.3, 0.4) is 0 Å². The number of rotatable bonds is 5. The third-order valence-corrected chi connectivity index (χ3v) is 4.62. The minimum atomic E-state index is -2.96. The van der Waals surface area contributed by atoms with E-state index in [9.17, 15) is 9.46 Å². The molecule has 2 N–H and O–H groups in total. The van der Waals surface area contributed by atoms with E-state index in [-0.39, 0.29) is 18.4 Å². The molecule has 11 heavy (non-hydrogen) atoms. The van der Waals surface area contributed by atoms with E-state index in [1.165, 1.54) is 0 Å². The van der Waals surface area contributed by atoms with Gasteiger partial charge in [-0.3, -0.25) is 4.57 Å². The topological polar surface area (TPSA) is 57.5 Å². The zero-order chi connectivity index (χ0) is 8.91. The van der Waals surface area contributed by atoms with Gasteiger partial charge in [-0.05, 0) is 12.8 Å². The molecule has 0 fully saturated rings. The molecular weight excluding hydrogens is 163 g/mol. The van der Waals surface area contributed by atoms with Gasteiger partial charge in [-0.2, -0.15) is 0 Å². The first-order chi connectivity index (χ1) is 5.04. The normalized spacial score (nSPS) is 19.3. The van der Waals surface area contributed by atoms with Crippen molar-refractivity contribution in [2.45, 2.75) is 32.3 Å². The van der Waals surface area contributed by atoms with E-state index in [2.05, 4.69) is 0 Å². The second-order valence-electron chi connectivity index (χ2n) is 2.81. The average molecular weight is 180 g/mol. The molecule has 68 valence electrons. The largest absolute Gasteiger partial charge is 0.396 e. The van der Waals surface area contributed by atoms with Gasteiger partial charge in [-0.25, -0.2) is 0 Å². The van der Waals surface area contributed by atoms with Gasteiger partial charge < -0.3 is 10.00 Å². The zero-order valence-electron chi connectivity index (χ0n) is 7.16. The van der Waals surface area contributed by atoms with Crippen molar-refractivity contribution >= 4 is 7.37 Å². The highest BCUT2D eigenvalue weighted by Gasteiger charge is 2.24. The zero-order valence-corrected chi connectivity index (χ0v) is 8.05. The van der Waals surface area contributed by atoms with Crippen LogP contribution in [0.4, 0.5) is 0 Å². The van der Waals surface area contributed by atoms with Crippen molar-refractivity contribution in [1.82, 2.24) is 0 Å². The second-order valence-corrected chi connectivity index (χ2v) is 5.65. The smallest absolute Gasteiger partial charge is 0.203 e. The van der Waals surface area contributed by atoms with Crippen molar-refractivity contribution < 1.29 is 14.6 Å². The highest BCUT2D eigenvalue weighted by Crippen LogP contribution is 2.47. The summed E-state index contributed by atoms with van der Waals surface area (Å²) in [6, 6.07) is 0. The van der Waals surface area contributed by atoms with Gasteiger partial charge in [-0.1, -0.05) is 13.8 Å². The van der Waals surface area contributed by atoms with Gasteiger partial charge >= 0.3 is 0 Å². The number of hydrogen-bond donors (Lipinski definition) is 2. The Morgan fingerprint density at radius 2 is 2.09 bits per heavy atom. The first-order valence-electron chi connectivity index (χ1n) is 3.97. The van der Waals surface area contributed by atoms with Gasteiger partial charge in [0.15, 0.2) is 0 Å². The van der Waals surface area contributed by atoms with Crippen molar-refractivity contribution in [2.24, 2.45) is 0 Å². The van der Waals surface area contributed by atoms with Gasteiger partial charge in [0.2, 0.25) is 7.37 Å². The van der Waals surface area contributed by atoms with Crippen molar-refractivity contribution in [3.8, 4) is 0 Å². The molecule has 0 bridgehead atoms. The Labute approximate surface area is 67.9 Å². The minimum absolute atomic E-state index is 0.000976. The average Bonchev–Trinajstić information content (AvgIpc) is 1.99. The van der Waals surface area contributed by atoms with Crippen LogP contribution in [-0.4, -0.2) is 28.4 Å². The Morgan fingerprint density at radius 1 is 1.55 bits per heavy atom. The Kier molecular flexibility index (Phi) is 4.98. The molecule has 0 aliphatic heterocycles. The minimum Gasteiger partial charge on any atom is -0.396 e. The van der Waals surface area contributed by atoms with Crippen molar-refractivity contribution in [3.05, 3.63) is 0 Å². The monoisotopic (exact) mass is 180 g/mol. The molecule has 0 spiro atoms. The molecule has 0 aromatic carbocycles. The Hall–Kier alpha value is 0.150. The maximum absolute atomic E-state index is 11.3. The van der Waals surface area contributed by atoms with Gasteiger partial charge in [0.1, 0.15) is 0 Å². The third kappa shape index (κ3) is 3.90. The van der Waals surface area contributed by atoms with Gasteiger partial charge in [0.25, 0.3) is 0 Å². The SMILES string of the molecule is CCC(C)P(=O)(O)CCCO. The summed E-state index contributed by atoms with van der Waals surface area (Å²) in [6.45, 7) is 3.67. The molecule has 0 rings (SSSR count). The third-order valence-electron chi connectivity index (χ3n) is 1.92. The highest BCUT2D eigenvalue weighted by atomic mass is 31.2. The fourth-order valence-electron chi connectivity index (χ4n) is 0.803. The molecule has 0 saturated carbocycles. The van der Waals surface area contributed by atoms with Crippen LogP contribution in [0.2, 0.25) is 0 Å². The first-order valence-corrected chi connectivity index (χ1v) is 5.88. The fraction of sp³-hybridized carbons (Fsp3) is 1.00. The van der Waals surface area contributed by atoms with Crippen LogP contribution in [0.1, 0.15) is 26.7 Å². The summed E-state index contributed by atoms with van der Waals surface area (Å²) < 4.78 is 11.3. The van der Waals surface area contributed by atoms with Gasteiger partial charge in [0.05, 0.1) is 0 Å². The van der Waals surface area contributed by atoms with Gasteiger partial charge in [-0.15, -0.1) is 0 Å². The van der Waals surface area contributed by atoms with Crippen LogP contribution in [0.5, 0.6) is 0 Å². The summed E-state index contributed by atoms with van der Waals surface area (Å²) in [5.74, 6) is 0. The van der Waals surface area contributed by atoms with E-state index in [1.807, 2.05) is 6.92 Å². The van der Waals surface area contributed by atoms with Crippen LogP contribution >= 0.6 is 7.37 Å². The Balaban J connectivity index is 3.89. The summed E-state index contributed by atoms with van der Waals surface area (Å²) in [4.78, 5) is 9.36. The maximum atomic E-state index is 11.3. The van der Waals surface area contributed by atoms with Crippen LogP contribution in [0.25, 0.3) is 0 Å². The van der Waals surface area contributed by atoms with E-state index in [0.717, 1.165) is 6.42 Å². The molecular formula is C7H17O3P. The summed E-state index contributed by atoms with van der Waals surface area (Å²) in [5.41, 5.74) is -0.131. The molecule has 0 aromatic rings. The fourth-order valence-corrected chi connectivity index (χ4v) is 2.41. The molecule has 0 aliphatic rings. The summed E-state index contributed by atoms with van der Waals surface area (Å²) >= 11 is 0. The maximum Gasteiger partial charge on any atom is 0.203 e.